The van der Waals surface area contributed by atoms with E-state index in [-0.39, 0.29) is 34.9 Å². The lowest BCUT2D eigenvalue weighted by atomic mass is 9.79. The van der Waals surface area contributed by atoms with Gasteiger partial charge in [0.25, 0.3) is 0 Å². The summed E-state index contributed by atoms with van der Waals surface area (Å²) in [4.78, 5) is 39.7. The fraction of sp³-hybridized carbons (Fsp3) is 0.409. The van der Waals surface area contributed by atoms with Gasteiger partial charge in [-0.1, -0.05) is 49.6 Å². The third-order valence-electron chi connectivity index (χ3n) is 5.80. The normalized spacial score (nSPS) is 21.1. The zero-order chi connectivity index (χ0) is 19.7. The minimum Gasteiger partial charge on any atom is -0.477 e. The Morgan fingerprint density at radius 2 is 1.79 bits per heavy atom. The average molecular weight is 397 g/mol. The van der Waals surface area contributed by atoms with E-state index in [0.717, 1.165) is 36.1 Å². The van der Waals surface area contributed by atoms with Gasteiger partial charge in [-0.2, -0.15) is 0 Å². The minimum atomic E-state index is -1.03. The SMILES string of the molecule is O=C1CC(=O)N(c2cc(-c3ccccc3)sc2C(=O)O)C(C2CCCCC2)C1. The van der Waals surface area contributed by atoms with Gasteiger partial charge < -0.3 is 10.0 Å². The molecule has 1 unspecified atom stereocenters. The van der Waals surface area contributed by atoms with Crippen LogP contribution < -0.4 is 4.90 Å². The Balaban J connectivity index is 1.77. The summed E-state index contributed by atoms with van der Waals surface area (Å²) in [5.74, 6) is -1.09. The van der Waals surface area contributed by atoms with Gasteiger partial charge in [0.15, 0.2) is 0 Å². The molecule has 2 aliphatic rings. The highest BCUT2D eigenvalue weighted by Gasteiger charge is 2.40. The topological polar surface area (TPSA) is 74.7 Å². The first-order valence-electron chi connectivity index (χ1n) is 9.81. The number of nitrogens with zero attached hydrogens (tertiary/aromatic N) is 1. The molecule has 28 heavy (non-hydrogen) atoms. The Morgan fingerprint density at radius 3 is 2.46 bits per heavy atom. The van der Waals surface area contributed by atoms with Crippen molar-refractivity contribution in [1.82, 2.24) is 0 Å². The number of ketones is 1. The van der Waals surface area contributed by atoms with Crippen molar-refractivity contribution in [3.05, 3.63) is 41.3 Å². The fourth-order valence-corrected chi connectivity index (χ4v) is 5.50. The molecule has 1 amide bonds. The van der Waals surface area contributed by atoms with E-state index in [2.05, 4.69) is 0 Å². The van der Waals surface area contributed by atoms with Crippen molar-refractivity contribution in [2.75, 3.05) is 4.90 Å². The minimum absolute atomic E-state index is 0.0350. The summed E-state index contributed by atoms with van der Waals surface area (Å²) >= 11 is 1.19. The van der Waals surface area contributed by atoms with Crippen molar-refractivity contribution in [3.8, 4) is 10.4 Å². The summed E-state index contributed by atoms with van der Waals surface area (Å²) in [5.41, 5.74) is 1.38. The van der Waals surface area contributed by atoms with E-state index >= 15 is 0 Å². The average Bonchev–Trinajstić information content (AvgIpc) is 3.14. The Hall–Kier alpha value is -2.47. The molecule has 0 radical (unpaired) electrons. The van der Waals surface area contributed by atoms with Crippen LogP contribution in [0.1, 0.15) is 54.6 Å². The lowest BCUT2D eigenvalue weighted by molar-refractivity contribution is -0.130. The van der Waals surface area contributed by atoms with Crippen molar-refractivity contribution in [2.24, 2.45) is 5.92 Å². The predicted octanol–water partition coefficient (Wildman–Crippen LogP) is 4.76. The molecule has 1 aliphatic heterocycles. The van der Waals surface area contributed by atoms with Crippen molar-refractivity contribution in [3.63, 3.8) is 0 Å². The number of rotatable bonds is 4. The van der Waals surface area contributed by atoms with Gasteiger partial charge in [-0.3, -0.25) is 9.59 Å². The molecular weight excluding hydrogens is 374 g/mol. The molecule has 2 heterocycles. The second-order valence-corrected chi connectivity index (χ2v) is 8.70. The number of aromatic carboxylic acids is 1. The summed E-state index contributed by atoms with van der Waals surface area (Å²) in [6.45, 7) is 0. The number of anilines is 1. The van der Waals surface area contributed by atoms with Crippen molar-refractivity contribution >= 4 is 34.7 Å². The van der Waals surface area contributed by atoms with Gasteiger partial charge >= 0.3 is 5.97 Å². The van der Waals surface area contributed by atoms with Crippen molar-refractivity contribution in [1.29, 1.82) is 0 Å². The number of hydrogen-bond donors (Lipinski definition) is 1. The van der Waals surface area contributed by atoms with Gasteiger partial charge in [0.05, 0.1) is 12.1 Å². The number of amides is 1. The Kier molecular flexibility index (Phi) is 5.31. The molecule has 2 fully saturated rings. The van der Waals surface area contributed by atoms with E-state index in [0.29, 0.717) is 12.1 Å². The van der Waals surface area contributed by atoms with Crippen LogP contribution in [0, 0.1) is 5.92 Å². The fourth-order valence-electron chi connectivity index (χ4n) is 4.50. The quantitative estimate of drug-likeness (QED) is 0.755. The highest BCUT2D eigenvalue weighted by atomic mass is 32.1. The number of carboxylic acids is 1. The smallest absolute Gasteiger partial charge is 0.348 e. The monoisotopic (exact) mass is 397 g/mol. The highest BCUT2D eigenvalue weighted by Crippen LogP contribution is 2.42. The standard InChI is InChI=1S/C22H23NO4S/c24-16-11-17(14-7-3-1-4-8-14)23(20(25)12-16)18-13-19(28-21(18)22(26)27)15-9-5-2-6-10-15/h2,5-6,9-10,13-14,17H,1,3-4,7-8,11-12H2,(H,26,27). The number of carbonyl (C=O) groups is 3. The number of hydrogen-bond acceptors (Lipinski definition) is 4. The summed E-state index contributed by atoms with van der Waals surface area (Å²) in [7, 11) is 0. The number of carboxylic acid groups (broad SMARTS) is 1. The van der Waals surface area contributed by atoms with Gasteiger partial charge in [-0.05, 0) is 30.4 Å². The van der Waals surface area contributed by atoms with E-state index in [9.17, 15) is 19.5 Å². The molecule has 0 spiro atoms. The van der Waals surface area contributed by atoms with Crippen LogP contribution in [0.3, 0.4) is 0 Å². The van der Waals surface area contributed by atoms with E-state index in [1.165, 1.54) is 17.8 Å². The van der Waals surface area contributed by atoms with E-state index in [1.807, 2.05) is 36.4 Å². The molecule has 1 saturated heterocycles. The first-order chi connectivity index (χ1) is 13.5. The maximum atomic E-state index is 12.9. The van der Waals surface area contributed by atoms with E-state index in [4.69, 9.17) is 0 Å². The summed E-state index contributed by atoms with van der Waals surface area (Å²) in [6, 6.07) is 11.2. The largest absolute Gasteiger partial charge is 0.477 e. The van der Waals surface area contributed by atoms with Crippen LogP contribution in [0.5, 0.6) is 0 Å². The molecule has 1 aromatic heterocycles. The van der Waals surface area contributed by atoms with E-state index < -0.39 is 5.97 Å². The van der Waals surface area contributed by atoms with Gasteiger partial charge in [0.1, 0.15) is 10.7 Å². The van der Waals surface area contributed by atoms with Crippen LogP contribution in [-0.2, 0) is 9.59 Å². The van der Waals surface area contributed by atoms with Gasteiger partial charge in [-0.15, -0.1) is 11.3 Å². The molecule has 1 aliphatic carbocycles. The third kappa shape index (κ3) is 3.61. The molecule has 6 heteroatoms. The van der Waals surface area contributed by atoms with Crippen LogP contribution in [0.4, 0.5) is 5.69 Å². The number of piperidine rings is 1. The van der Waals surface area contributed by atoms with Crippen LogP contribution in [0.15, 0.2) is 36.4 Å². The maximum Gasteiger partial charge on any atom is 0.348 e. The van der Waals surface area contributed by atoms with E-state index in [1.54, 1.807) is 4.90 Å². The molecule has 1 N–H and O–H groups in total. The first-order valence-corrected chi connectivity index (χ1v) is 10.6. The number of thiophene rings is 1. The Bertz CT molecular complexity index is 899. The molecule has 1 atom stereocenters. The molecule has 2 aromatic rings. The lowest BCUT2D eigenvalue weighted by Gasteiger charge is -2.41. The molecule has 1 aromatic carbocycles. The number of carbonyl (C=O) groups excluding carboxylic acids is 2. The van der Waals surface area contributed by atoms with Gasteiger partial charge in [0, 0.05) is 17.3 Å². The van der Waals surface area contributed by atoms with Crippen molar-refractivity contribution < 1.29 is 19.5 Å². The van der Waals surface area contributed by atoms with Gasteiger partial charge in [0.2, 0.25) is 5.91 Å². The summed E-state index contributed by atoms with van der Waals surface area (Å²) in [5, 5.41) is 9.80. The summed E-state index contributed by atoms with van der Waals surface area (Å²) in [6.07, 6.45) is 5.54. The number of Topliss-reactive ketones (excluding diaryl/α,β-unsaturated/α-hetero) is 1. The molecule has 146 valence electrons. The van der Waals surface area contributed by atoms with Crippen LogP contribution in [0.2, 0.25) is 0 Å². The molecule has 5 nitrogen and oxygen atoms in total. The molecule has 4 rings (SSSR count). The second kappa shape index (κ2) is 7.87. The molecular formula is C22H23NO4S. The zero-order valence-corrected chi connectivity index (χ0v) is 16.4. The van der Waals surface area contributed by atoms with Crippen LogP contribution >= 0.6 is 11.3 Å². The van der Waals surface area contributed by atoms with Crippen LogP contribution in [-0.4, -0.2) is 28.8 Å². The predicted molar refractivity (Wildman–Crippen MR) is 109 cm³/mol. The Morgan fingerprint density at radius 1 is 1.07 bits per heavy atom. The zero-order valence-electron chi connectivity index (χ0n) is 15.6. The van der Waals surface area contributed by atoms with Gasteiger partial charge in [-0.25, -0.2) is 4.79 Å². The van der Waals surface area contributed by atoms with Crippen LogP contribution in [0.25, 0.3) is 10.4 Å². The number of benzene rings is 1. The highest BCUT2D eigenvalue weighted by molar-refractivity contribution is 7.18. The lowest BCUT2D eigenvalue weighted by Crippen LogP contribution is -2.51. The Labute approximate surface area is 168 Å². The van der Waals surface area contributed by atoms with Crippen molar-refractivity contribution in [2.45, 2.75) is 51.0 Å². The summed E-state index contributed by atoms with van der Waals surface area (Å²) < 4.78 is 0. The molecule has 1 saturated carbocycles. The molecule has 0 bridgehead atoms. The third-order valence-corrected chi connectivity index (χ3v) is 6.97. The maximum absolute atomic E-state index is 12.9. The second-order valence-electron chi connectivity index (χ2n) is 7.64. The first kappa shape index (κ1) is 18.9.